The number of fused-ring (bicyclic) bond motifs is 1. The number of aromatic hydroxyl groups is 1. The number of benzene rings is 1. The van der Waals surface area contributed by atoms with Crippen molar-refractivity contribution >= 4 is 79.7 Å². The molecule has 3 aromatic rings. The first-order valence-electron chi connectivity index (χ1n) is 6.48. The van der Waals surface area contributed by atoms with Gasteiger partial charge < -0.3 is 5.11 Å². The zero-order valence-corrected chi connectivity index (χ0v) is 16.2. The molecule has 0 saturated carbocycles. The summed E-state index contributed by atoms with van der Waals surface area (Å²) in [5.41, 5.74) is 1.12. The lowest BCUT2D eigenvalue weighted by Crippen LogP contribution is -1.87. The minimum atomic E-state index is -0.317. The predicted octanol–water partition coefficient (Wildman–Crippen LogP) is 6.37. The van der Waals surface area contributed by atoms with E-state index in [2.05, 4.69) is 25.7 Å². The molecule has 3 rings (SSSR count). The Labute approximate surface area is 165 Å². The molecule has 0 aliphatic heterocycles. The van der Waals surface area contributed by atoms with Crippen LogP contribution in [0.25, 0.3) is 10.9 Å². The fraction of sp³-hybridized carbons (Fsp3) is 0.0714. The number of nitriles is 1. The van der Waals surface area contributed by atoms with Gasteiger partial charge >= 0.3 is 0 Å². The quantitative estimate of drug-likeness (QED) is 0.296. The highest BCUT2D eigenvalue weighted by Crippen LogP contribution is 2.44. The molecule has 0 radical (unpaired) electrons. The zero-order chi connectivity index (χ0) is 18.1. The van der Waals surface area contributed by atoms with E-state index in [1.165, 1.54) is 17.8 Å². The van der Waals surface area contributed by atoms with Crippen LogP contribution in [-0.2, 0) is 0 Å². The number of thioether (sulfide) groups is 1. The number of pyridine rings is 1. The maximum Gasteiger partial charge on any atom is 0.168 e. The van der Waals surface area contributed by atoms with Crippen molar-refractivity contribution in [2.24, 2.45) is 10.2 Å². The summed E-state index contributed by atoms with van der Waals surface area (Å²) in [7, 11) is 0. The van der Waals surface area contributed by atoms with Crippen LogP contribution in [0.3, 0.4) is 0 Å². The number of phenolic OH excluding ortho intramolecular Hbond substituents is 1. The van der Waals surface area contributed by atoms with E-state index in [4.69, 9.17) is 34.8 Å². The molecule has 0 bridgehead atoms. The number of hydrogen-bond donors (Lipinski definition) is 1. The maximum atomic E-state index is 9.64. The van der Waals surface area contributed by atoms with Crippen molar-refractivity contribution < 1.29 is 5.11 Å². The van der Waals surface area contributed by atoms with Crippen molar-refractivity contribution in [1.29, 1.82) is 5.26 Å². The lowest BCUT2D eigenvalue weighted by atomic mass is 10.2. The monoisotopic (exact) mass is 429 g/mol. The molecule has 0 amide bonds. The summed E-state index contributed by atoms with van der Waals surface area (Å²) in [6.45, 7) is 0. The molecule has 2 heterocycles. The van der Waals surface area contributed by atoms with Crippen molar-refractivity contribution in [3.8, 4) is 11.8 Å². The number of halogens is 3. The van der Waals surface area contributed by atoms with Gasteiger partial charge in [-0.15, -0.1) is 22.0 Å². The predicted molar refractivity (Wildman–Crippen MR) is 101 cm³/mol. The van der Waals surface area contributed by atoms with Gasteiger partial charge in [0.2, 0.25) is 0 Å². The van der Waals surface area contributed by atoms with Crippen LogP contribution >= 0.6 is 58.1 Å². The summed E-state index contributed by atoms with van der Waals surface area (Å²) >= 11 is 20.2. The molecule has 25 heavy (non-hydrogen) atoms. The van der Waals surface area contributed by atoms with Crippen LogP contribution in [0, 0.1) is 11.3 Å². The lowest BCUT2D eigenvalue weighted by molar-refractivity contribution is 0.476. The Kier molecular flexibility index (Phi) is 5.32. The third kappa shape index (κ3) is 3.26. The van der Waals surface area contributed by atoms with Gasteiger partial charge in [-0.25, -0.2) is 4.98 Å². The van der Waals surface area contributed by atoms with E-state index in [1.54, 1.807) is 6.20 Å². The van der Waals surface area contributed by atoms with Gasteiger partial charge in [-0.1, -0.05) is 34.8 Å². The van der Waals surface area contributed by atoms with Gasteiger partial charge in [0.1, 0.15) is 32.9 Å². The summed E-state index contributed by atoms with van der Waals surface area (Å²) in [5.74, 6) is -0.317. The van der Waals surface area contributed by atoms with Crippen LogP contribution in [0.4, 0.5) is 10.7 Å². The summed E-state index contributed by atoms with van der Waals surface area (Å²) in [6, 6.07) is 3.46. The minimum absolute atomic E-state index is 0.00978. The SMILES string of the molecule is CSc1ncc2c(N=Nc3cc(Cl)c(O)c(Cl)c3Cl)snc2c1C#N. The normalized spacial score (nSPS) is 11.3. The Morgan fingerprint density at radius 3 is 2.72 bits per heavy atom. The molecule has 126 valence electrons. The van der Waals surface area contributed by atoms with E-state index in [9.17, 15) is 10.4 Å². The summed E-state index contributed by atoms with van der Waals surface area (Å²) in [6.07, 6.45) is 3.43. The van der Waals surface area contributed by atoms with Gasteiger partial charge in [-0.05, 0) is 23.9 Å². The van der Waals surface area contributed by atoms with E-state index in [0.717, 1.165) is 11.5 Å². The van der Waals surface area contributed by atoms with Crippen LogP contribution < -0.4 is 0 Å². The Hall–Kier alpha value is -1.63. The van der Waals surface area contributed by atoms with Crippen LogP contribution in [0.1, 0.15) is 5.56 Å². The second-order valence-electron chi connectivity index (χ2n) is 4.56. The molecule has 0 spiro atoms. The number of aromatic nitrogens is 2. The van der Waals surface area contributed by atoms with Crippen molar-refractivity contribution in [1.82, 2.24) is 9.36 Å². The fourth-order valence-electron chi connectivity index (χ4n) is 1.95. The van der Waals surface area contributed by atoms with Crippen LogP contribution in [0.15, 0.2) is 27.5 Å². The third-order valence-electron chi connectivity index (χ3n) is 3.14. The van der Waals surface area contributed by atoms with Crippen molar-refractivity contribution in [3.05, 3.63) is 32.9 Å². The highest BCUT2D eigenvalue weighted by atomic mass is 35.5. The lowest BCUT2D eigenvalue weighted by Gasteiger charge is -2.04. The van der Waals surface area contributed by atoms with Crippen molar-refractivity contribution in [3.63, 3.8) is 0 Å². The first kappa shape index (κ1) is 18.2. The molecule has 11 heteroatoms. The Morgan fingerprint density at radius 1 is 1.28 bits per heavy atom. The molecular formula is C14H6Cl3N5OS2. The molecule has 0 atom stereocenters. The number of azo groups is 1. The zero-order valence-electron chi connectivity index (χ0n) is 12.3. The number of rotatable bonds is 3. The van der Waals surface area contributed by atoms with E-state index in [0.29, 0.717) is 26.5 Å². The second kappa shape index (κ2) is 7.32. The summed E-state index contributed by atoms with van der Waals surface area (Å²) in [4.78, 5) is 4.25. The van der Waals surface area contributed by atoms with Crippen molar-refractivity contribution in [2.45, 2.75) is 5.03 Å². The molecule has 0 aliphatic carbocycles. The largest absolute Gasteiger partial charge is 0.505 e. The topological polar surface area (TPSA) is 94.5 Å². The smallest absolute Gasteiger partial charge is 0.168 e. The summed E-state index contributed by atoms with van der Waals surface area (Å²) < 4.78 is 4.27. The average Bonchev–Trinajstić information content (AvgIpc) is 3.04. The first-order chi connectivity index (χ1) is 12.0. The van der Waals surface area contributed by atoms with Crippen LogP contribution in [0.2, 0.25) is 15.1 Å². The highest BCUT2D eigenvalue weighted by molar-refractivity contribution is 7.98. The standard InChI is InChI=1S/C14H6Cl3N5OS2/c1-24-13-5(3-18)11-6(4-19-13)14(25-22-11)21-20-8-2-7(15)12(23)10(17)9(8)16/h2,4,23H,1H3. The van der Waals surface area contributed by atoms with Crippen molar-refractivity contribution in [2.75, 3.05) is 6.26 Å². The fourth-order valence-corrected chi connectivity index (χ4v) is 3.77. The maximum absolute atomic E-state index is 9.64. The molecule has 1 N–H and O–H groups in total. The van der Waals surface area contributed by atoms with Gasteiger partial charge in [-0.2, -0.15) is 9.64 Å². The second-order valence-corrected chi connectivity index (χ2v) is 7.27. The van der Waals surface area contributed by atoms with E-state index in [-0.39, 0.29) is 26.5 Å². The molecule has 0 fully saturated rings. The highest BCUT2D eigenvalue weighted by Gasteiger charge is 2.16. The average molecular weight is 431 g/mol. The van der Waals surface area contributed by atoms with Gasteiger partial charge in [0.05, 0.1) is 15.4 Å². The minimum Gasteiger partial charge on any atom is -0.505 e. The van der Waals surface area contributed by atoms with Crippen LogP contribution in [-0.4, -0.2) is 20.7 Å². The molecule has 1 aromatic carbocycles. The van der Waals surface area contributed by atoms with Gasteiger partial charge in [-0.3, -0.25) is 0 Å². The van der Waals surface area contributed by atoms with Gasteiger partial charge in [0, 0.05) is 6.20 Å². The summed E-state index contributed by atoms with van der Waals surface area (Å²) in [5, 5.41) is 28.7. The third-order valence-corrected chi connectivity index (χ3v) is 5.72. The molecule has 2 aromatic heterocycles. The molecule has 0 unspecified atom stereocenters. The molecular weight excluding hydrogens is 425 g/mol. The molecule has 0 aliphatic rings. The van der Waals surface area contributed by atoms with E-state index < -0.39 is 0 Å². The molecule has 0 saturated heterocycles. The van der Waals surface area contributed by atoms with Gasteiger partial charge in [0.15, 0.2) is 10.8 Å². The van der Waals surface area contributed by atoms with Gasteiger partial charge in [0.25, 0.3) is 0 Å². The number of phenols is 1. The number of hydrogen-bond acceptors (Lipinski definition) is 8. The number of nitrogens with zero attached hydrogens (tertiary/aromatic N) is 5. The molecule has 6 nitrogen and oxygen atoms in total. The Morgan fingerprint density at radius 2 is 2.04 bits per heavy atom. The Balaban J connectivity index is 2.08. The van der Waals surface area contributed by atoms with E-state index >= 15 is 0 Å². The Bertz CT molecular complexity index is 1060. The first-order valence-corrected chi connectivity index (χ1v) is 9.61. The van der Waals surface area contributed by atoms with E-state index in [1.807, 2.05) is 6.26 Å². The van der Waals surface area contributed by atoms with Crippen LogP contribution in [0.5, 0.6) is 5.75 Å².